The number of benzene rings is 1. The zero-order valence-electron chi connectivity index (χ0n) is 10.6. The van der Waals surface area contributed by atoms with Crippen molar-refractivity contribution in [3.63, 3.8) is 0 Å². The maximum atomic E-state index is 8.83. The Hall–Kier alpha value is -1.20. The Bertz CT molecular complexity index is 547. The summed E-state index contributed by atoms with van der Waals surface area (Å²) in [6.07, 6.45) is 2.46. The number of pyridine rings is 1. The van der Waals surface area contributed by atoms with E-state index in [0.717, 1.165) is 23.0 Å². The van der Waals surface area contributed by atoms with E-state index in [1.54, 1.807) is 6.20 Å². The van der Waals surface area contributed by atoms with Gasteiger partial charge in [0.1, 0.15) is 0 Å². The quantitative estimate of drug-likeness (QED) is 0.706. The first-order chi connectivity index (χ1) is 9.27. The van der Waals surface area contributed by atoms with E-state index in [9.17, 15) is 0 Å². The highest BCUT2D eigenvalue weighted by molar-refractivity contribution is 6.35. The number of nitrogens with two attached hydrogens (primary N) is 1. The van der Waals surface area contributed by atoms with E-state index < -0.39 is 0 Å². The molecule has 0 aliphatic heterocycles. The number of nitrogens with one attached hydrogen (secondary N) is 1. The number of aliphatic hydroxyl groups excluding tert-OH is 1. The smallest absolute Gasteiger partial charge is 0.0765 e. The van der Waals surface area contributed by atoms with Crippen LogP contribution in [0.15, 0.2) is 30.5 Å². The van der Waals surface area contributed by atoms with Gasteiger partial charge >= 0.3 is 0 Å². The van der Waals surface area contributed by atoms with E-state index in [-0.39, 0.29) is 12.6 Å². The fraction of sp³-hybridized carbons (Fsp3) is 0.357. The zero-order valence-corrected chi connectivity index (χ0v) is 11.4. The summed E-state index contributed by atoms with van der Waals surface area (Å²) in [7, 11) is 0. The van der Waals surface area contributed by atoms with Crippen LogP contribution in [0.5, 0.6) is 0 Å². The van der Waals surface area contributed by atoms with Crippen molar-refractivity contribution in [2.45, 2.75) is 12.5 Å². The molecule has 0 bridgehead atoms. The summed E-state index contributed by atoms with van der Waals surface area (Å²) in [6.45, 7) is 1.36. The van der Waals surface area contributed by atoms with Crippen LogP contribution < -0.4 is 11.1 Å². The third-order valence-electron chi connectivity index (χ3n) is 3.08. The molecule has 4 N–H and O–H groups in total. The minimum Gasteiger partial charge on any atom is -0.396 e. The van der Waals surface area contributed by atoms with E-state index in [4.69, 9.17) is 22.4 Å². The minimum absolute atomic E-state index is 0.0150. The minimum atomic E-state index is 0.0150. The number of hydrogen-bond donors (Lipinski definition) is 3. The van der Waals surface area contributed by atoms with E-state index in [1.807, 2.05) is 24.3 Å². The zero-order chi connectivity index (χ0) is 13.7. The summed E-state index contributed by atoms with van der Waals surface area (Å²) in [4.78, 5) is 4.41. The number of halogens is 1. The van der Waals surface area contributed by atoms with Gasteiger partial charge in [0.2, 0.25) is 0 Å². The lowest BCUT2D eigenvalue weighted by Gasteiger charge is -2.19. The molecule has 0 amide bonds. The average Bonchev–Trinajstić information content (AvgIpc) is 2.45. The van der Waals surface area contributed by atoms with E-state index in [0.29, 0.717) is 18.0 Å². The molecule has 4 nitrogen and oxygen atoms in total. The largest absolute Gasteiger partial charge is 0.396 e. The van der Waals surface area contributed by atoms with Gasteiger partial charge in [-0.3, -0.25) is 4.98 Å². The first-order valence-corrected chi connectivity index (χ1v) is 6.73. The van der Waals surface area contributed by atoms with Crippen LogP contribution in [0.3, 0.4) is 0 Å². The summed E-state index contributed by atoms with van der Waals surface area (Å²) in [5.74, 6) is 0. The first kappa shape index (κ1) is 14.2. The third kappa shape index (κ3) is 3.22. The molecule has 1 atom stereocenters. The lowest BCUT2D eigenvalue weighted by atomic mass is 10.0. The van der Waals surface area contributed by atoms with Gasteiger partial charge in [0.05, 0.1) is 5.52 Å². The summed E-state index contributed by atoms with van der Waals surface area (Å²) in [5.41, 5.74) is 7.75. The Balaban J connectivity index is 2.34. The number of hydrogen-bond acceptors (Lipinski definition) is 4. The molecule has 1 aromatic heterocycles. The van der Waals surface area contributed by atoms with Crippen LogP contribution in [0, 0.1) is 0 Å². The van der Waals surface area contributed by atoms with Crippen molar-refractivity contribution in [3.05, 3.63) is 41.0 Å². The Labute approximate surface area is 117 Å². The topological polar surface area (TPSA) is 71.2 Å². The molecule has 0 aliphatic rings. The molecule has 102 valence electrons. The second-order valence-electron chi connectivity index (χ2n) is 4.36. The molecule has 0 spiro atoms. The number of aliphatic hydroxyl groups is 1. The van der Waals surface area contributed by atoms with Crippen molar-refractivity contribution in [1.82, 2.24) is 10.3 Å². The van der Waals surface area contributed by atoms with Gasteiger partial charge in [-0.05, 0) is 36.7 Å². The van der Waals surface area contributed by atoms with Gasteiger partial charge in [-0.25, -0.2) is 0 Å². The van der Waals surface area contributed by atoms with Gasteiger partial charge in [0.15, 0.2) is 0 Å². The van der Waals surface area contributed by atoms with Gasteiger partial charge < -0.3 is 16.2 Å². The molecule has 19 heavy (non-hydrogen) atoms. The standard InChI is InChI=1S/C14H18ClN3O/c15-12-5-4-11(13(9-16)17-7-2-8-19)14-10(12)3-1-6-18-14/h1,3-6,13,17,19H,2,7-9,16H2. The first-order valence-electron chi connectivity index (χ1n) is 6.35. The molecular formula is C14H18ClN3O. The van der Waals surface area contributed by atoms with Crippen LogP contribution in [0.2, 0.25) is 5.02 Å². The Morgan fingerprint density at radius 1 is 1.37 bits per heavy atom. The fourth-order valence-electron chi connectivity index (χ4n) is 2.12. The van der Waals surface area contributed by atoms with E-state index in [2.05, 4.69) is 10.3 Å². The predicted octanol–water partition coefficient (Wildman–Crippen LogP) is 1.86. The van der Waals surface area contributed by atoms with Gasteiger partial charge in [0.25, 0.3) is 0 Å². The Morgan fingerprint density at radius 2 is 2.21 bits per heavy atom. The molecule has 0 saturated heterocycles. The van der Waals surface area contributed by atoms with Crippen molar-refractivity contribution in [2.24, 2.45) is 5.73 Å². The molecule has 1 unspecified atom stereocenters. The maximum absolute atomic E-state index is 8.83. The second-order valence-corrected chi connectivity index (χ2v) is 4.76. The molecule has 0 radical (unpaired) electrons. The Morgan fingerprint density at radius 3 is 2.95 bits per heavy atom. The van der Waals surface area contributed by atoms with Crippen LogP contribution >= 0.6 is 11.6 Å². The number of nitrogens with zero attached hydrogens (tertiary/aromatic N) is 1. The van der Waals surface area contributed by atoms with Gasteiger partial charge in [-0.2, -0.15) is 0 Å². The van der Waals surface area contributed by atoms with Crippen molar-refractivity contribution in [3.8, 4) is 0 Å². The van der Waals surface area contributed by atoms with Gasteiger partial charge in [0, 0.05) is 35.8 Å². The van der Waals surface area contributed by atoms with E-state index in [1.165, 1.54) is 0 Å². The lowest BCUT2D eigenvalue weighted by Crippen LogP contribution is -2.29. The summed E-state index contributed by atoms with van der Waals surface area (Å²) in [6, 6.07) is 7.67. The van der Waals surface area contributed by atoms with Crippen LogP contribution in [-0.2, 0) is 0 Å². The van der Waals surface area contributed by atoms with Crippen molar-refractivity contribution in [1.29, 1.82) is 0 Å². The molecule has 1 heterocycles. The second kappa shape index (κ2) is 6.82. The fourth-order valence-corrected chi connectivity index (χ4v) is 2.33. The molecular weight excluding hydrogens is 262 g/mol. The van der Waals surface area contributed by atoms with Crippen LogP contribution in [0.1, 0.15) is 18.0 Å². The third-order valence-corrected chi connectivity index (χ3v) is 3.41. The maximum Gasteiger partial charge on any atom is 0.0765 e. The number of fused-ring (bicyclic) bond motifs is 1. The molecule has 0 fully saturated rings. The average molecular weight is 280 g/mol. The molecule has 0 saturated carbocycles. The molecule has 0 aliphatic carbocycles. The van der Waals surface area contributed by atoms with Crippen LogP contribution in [0.25, 0.3) is 10.9 Å². The molecule has 2 aromatic rings. The SMILES string of the molecule is NCC(NCCCO)c1ccc(Cl)c2cccnc12. The van der Waals surface area contributed by atoms with Gasteiger partial charge in [-0.15, -0.1) is 0 Å². The molecule has 5 heteroatoms. The highest BCUT2D eigenvalue weighted by Crippen LogP contribution is 2.28. The lowest BCUT2D eigenvalue weighted by molar-refractivity contribution is 0.283. The monoisotopic (exact) mass is 279 g/mol. The van der Waals surface area contributed by atoms with E-state index >= 15 is 0 Å². The molecule has 1 aromatic carbocycles. The summed E-state index contributed by atoms with van der Waals surface area (Å²) >= 11 is 6.18. The van der Waals surface area contributed by atoms with Crippen LogP contribution in [0.4, 0.5) is 0 Å². The number of rotatable bonds is 6. The normalized spacial score (nSPS) is 12.8. The van der Waals surface area contributed by atoms with Crippen molar-refractivity contribution in [2.75, 3.05) is 19.7 Å². The van der Waals surface area contributed by atoms with Crippen molar-refractivity contribution >= 4 is 22.5 Å². The number of aromatic nitrogens is 1. The predicted molar refractivity (Wildman–Crippen MR) is 78.3 cm³/mol. The summed E-state index contributed by atoms with van der Waals surface area (Å²) < 4.78 is 0. The summed E-state index contributed by atoms with van der Waals surface area (Å²) in [5, 5.41) is 13.8. The highest BCUT2D eigenvalue weighted by Gasteiger charge is 2.14. The highest BCUT2D eigenvalue weighted by atomic mass is 35.5. The van der Waals surface area contributed by atoms with Crippen LogP contribution in [-0.4, -0.2) is 29.8 Å². The molecule has 2 rings (SSSR count). The Kier molecular flexibility index (Phi) is 5.10. The van der Waals surface area contributed by atoms with Gasteiger partial charge in [-0.1, -0.05) is 17.7 Å². The van der Waals surface area contributed by atoms with Crippen molar-refractivity contribution < 1.29 is 5.11 Å².